The molecular formula is C18H17F2N5OS. The Bertz CT molecular complexity index is 992. The zero-order chi connectivity index (χ0) is 19.6. The van der Waals surface area contributed by atoms with Crippen LogP contribution in [-0.4, -0.2) is 31.4 Å². The summed E-state index contributed by atoms with van der Waals surface area (Å²) in [6.45, 7) is 5.54. The number of anilines is 1. The smallest absolute Gasteiger partial charge is 0.237 e. The number of aromatic nitrogens is 4. The number of carbonyl (C=O) groups is 1. The van der Waals surface area contributed by atoms with Crippen molar-refractivity contribution in [1.29, 1.82) is 0 Å². The highest BCUT2D eigenvalue weighted by molar-refractivity contribution is 8.00. The zero-order valence-corrected chi connectivity index (χ0v) is 15.7. The van der Waals surface area contributed by atoms with Gasteiger partial charge in [0.1, 0.15) is 11.6 Å². The molecule has 0 aliphatic heterocycles. The molecule has 0 aliphatic carbocycles. The summed E-state index contributed by atoms with van der Waals surface area (Å²) >= 11 is 1.12. The Labute approximate surface area is 159 Å². The summed E-state index contributed by atoms with van der Waals surface area (Å²) in [6, 6.07) is 8.78. The Morgan fingerprint density at radius 2 is 1.96 bits per heavy atom. The first-order valence-electron chi connectivity index (χ1n) is 8.13. The van der Waals surface area contributed by atoms with Gasteiger partial charge in [-0.2, -0.15) is 4.68 Å². The third-order valence-electron chi connectivity index (χ3n) is 3.87. The van der Waals surface area contributed by atoms with E-state index in [0.717, 1.165) is 46.8 Å². The van der Waals surface area contributed by atoms with Gasteiger partial charge in [0.2, 0.25) is 11.1 Å². The van der Waals surface area contributed by atoms with Crippen molar-refractivity contribution in [2.24, 2.45) is 0 Å². The minimum Gasteiger partial charge on any atom is -0.323 e. The van der Waals surface area contributed by atoms with Crippen molar-refractivity contribution in [3.63, 3.8) is 0 Å². The molecule has 1 heterocycles. The van der Waals surface area contributed by atoms with Crippen molar-refractivity contribution in [3.8, 4) is 5.69 Å². The van der Waals surface area contributed by atoms with Crippen LogP contribution >= 0.6 is 11.8 Å². The van der Waals surface area contributed by atoms with E-state index >= 15 is 0 Å². The van der Waals surface area contributed by atoms with Gasteiger partial charge in [-0.1, -0.05) is 23.9 Å². The molecule has 1 aromatic heterocycles. The lowest BCUT2D eigenvalue weighted by molar-refractivity contribution is -0.115. The van der Waals surface area contributed by atoms with Gasteiger partial charge in [0.15, 0.2) is 0 Å². The van der Waals surface area contributed by atoms with Crippen LogP contribution in [0.5, 0.6) is 0 Å². The third kappa shape index (κ3) is 4.30. The fraction of sp³-hybridized carbons (Fsp3) is 0.222. The van der Waals surface area contributed by atoms with E-state index in [1.807, 2.05) is 32.0 Å². The van der Waals surface area contributed by atoms with E-state index in [4.69, 9.17) is 0 Å². The van der Waals surface area contributed by atoms with Crippen LogP contribution in [0.4, 0.5) is 14.5 Å². The van der Waals surface area contributed by atoms with Crippen LogP contribution in [0.15, 0.2) is 41.6 Å². The number of carbonyl (C=O) groups excluding carboxylic acids is 1. The van der Waals surface area contributed by atoms with Gasteiger partial charge in [0, 0.05) is 6.07 Å². The number of benzene rings is 2. The van der Waals surface area contributed by atoms with Gasteiger partial charge in [0.25, 0.3) is 0 Å². The summed E-state index contributed by atoms with van der Waals surface area (Å²) in [6.07, 6.45) is 0. The summed E-state index contributed by atoms with van der Waals surface area (Å²) in [5, 5.41) is 13.8. The van der Waals surface area contributed by atoms with Gasteiger partial charge >= 0.3 is 0 Å². The van der Waals surface area contributed by atoms with Crippen LogP contribution in [0.3, 0.4) is 0 Å². The summed E-state index contributed by atoms with van der Waals surface area (Å²) in [5.74, 6) is -1.83. The average molecular weight is 389 g/mol. The molecule has 0 bridgehead atoms. The first kappa shape index (κ1) is 19.0. The predicted molar refractivity (Wildman–Crippen MR) is 98.9 cm³/mol. The first-order chi connectivity index (χ1) is 12.8. The second-order valence-electron chi connectivity index (χ2n) is 6.04. The van der Waals surface area contributed by atoms with Crippen LogP contribution in [0.25, 0.3) is 5.69 Å². The molecule has 0 saturated heterocycles. The molecule has 9 heteroatoms. The van der Waals surface area contributed by atoms with Crippen molar-refractivity contribution in [2.45, 2.75) is 31.2 Å². The Hall–Kier alpha value is -2.81. The highest BCUT2D eigenvalue weighted by atomic mass is 32.2. The maximum Gasteiger partial charge on any atom is 0.237 e. The molecule has 2 aromatic carbocycles. The van der Waals surface area contributed by atoms with Gasteiger partial charge in [-0.25, -0.2) is 8.78 Å². The molecule has 6 nitrogen and oxygen atoms in total. The molecule has 27 heavy (non-hydrogen) atoms. The maximum absolute atomic E-state index is 13.7. The molecule has 1 amide bonds. The minimum atomic E-state index is -0.706. The Morgan fingerprint density at radius 3 is 2.74 bits per heavy atom. The molecule has 3 rings (SSSR count). The van der Waals surface area contributed by atoms with Crippen molar-refractivity contribution >= 4 is 23.4 Å². The van der Waals surface area contributed by atoms with Crippen molar-refractivity contribution in [2.75, 3.05) is 5.32 Å². The van der Waals surface area contributed by atoms with Crippen molar-refractivity contribution in [1.82, 2.24) is 20.2 Å². The SMILES string of the molecule is Cc1ccc(C)c(-n2nnnc2S[C@@H](C)C(=O)Nc2cc(F)ccc2F)c1. The molecule has 1 N–H and O–H groups in total. The standard InChI is InChI=1S/C18H17F2N5OS/c1-10-4-5-11(2)16(8-10)25-18(22-23-24-25)27-12(3)17(26)21-15-9-13(19)6-7-14(15)20/h4-9,12H,1-3H3,(H,21,26)/t12-/m0/s1. The molecule has 140 valence electrons. The van der Waals surface area contributed by atoms with Gasteiger partial charge in [-0.15, -0.1) is 5.10 Å². The average Bonchev–Trinajstić information content (AvgIpc) is 3.08. The highest BCUT2D eigenvalue weighted by Gasteiger charge is 2.21. The normalized spacial score (nSPS) is 12.0. The van der Waals surface area contributed by atoms with Crippen molar-refractivity contribution < 1.29 is 13.6 Å². The fourth-order valence-electron chi connectivity index (χ4n) is 2.39. The number of halogens is 2. The van der Waals surface area contributed by atoms with E-state index in [1.165, 1.54) is 0 Å². The van der Waals surface area contributed by atoms with Crippen LogP contribution in [-0.2, 0) is 4.79 Å². The lowest BCUT2D eigenvalue weighted by Gasteiger charge is -2.13. The van der Waals surface area contributed by atoms with E-state index in [9.17, 15) is 13.6 Å². The summed E-state index contributed by atoms with van der Waals surface area (Å²) < 4.78 is 28.5. The number of nitrogens with zero attached hydrogens (tertiary/aromatic N) is 4. The number of aryl methyl sites for hydroxylation is 2. The second kappa shape index (κ2) is 7.83. The first-order valence-corrected chi connectivity index (χ1v) is 9.01. The topological polar surface area (TPSA) is 72.7 Å². The van der Waals surface area contributed by atoms with Gasteiger partial charge < -0.3 is 5.32 Å². The molecule has 0 fully saturated rings. The molecule has 0 aliphatic rings. The van der Waals surface area contributed by atoms with E-state index < -0.39 is 22.8 Å². The van der Waals surface area contributed by atoms with E-state index in [-0.39, 0.29) is 5.69 Å². The number of rotatable bonds is 5. The van der Waals surface area contributed by atoms with Crippen LogP contribution in [0, 0.1) is 25.5 Å². The number of tetrazole rings is 1. The van der Waals surface area contributed by atoms with Gasteiger partial charge in [-0.05, 0) is 60.5 Å². The maximum atomic E-state index is 13.7. The summed E-state index contributed by atoms with van der Waals surface area (Å²) in [5.41, 5.74) is 2.64. The lowest BCUT2D eigenvalue weighted by Crippen LogP contribution is -2.23. The monoisotopic (exact) mass is 389 g/mol. The number of hydrogen-bond donors (Lipinski definition) is 1. The Morgan fingerprint density at radius 1 is 1.19 bits per heavy atom. The van der Waals surface area contributed by atoms with E-state index in [0.29, 0.717) is 5.16 Å². The van der Waals surface area contributed by atoms with E-state index in [2.05, 4.69) is 20.8 Å². The number of amides is 1. The molecule has 0 saturated carbocycles. The van der Waals surface area contributed by atoms with Gasteiger partial charge in [0.05, 0.1) is 16.6 Å². The van der Waals surface area contributed by atoms with Crippen molar-refractivity contribution in [3.05, 3.63) is 59.2 Å². The molecule has 1 atom stereocenters. The highest BCUT2D eigenvalue weighted by Crippen LogP contribution is 2.26. The van der Waals surface area contributed by atoms with Crippen LogP contribution in [0.1, 0.15) is 18.1 Å². The Kier molecular flexibility index (Phi) is 5.50. The van der Waals surface area contributed by atoms with Crippen LogP contribution < -0.4 is 5.32 Å². The number of hydrogen-bond acceptors (Lipinski definition) is 5. The molecule has 3 aromatic rings. The lowest BCUT2D eigenvalue weighted by atomic mass is 10.1. The second-order valence-corrected chi connectivity index (χ2v) is 7.34. The summed E-state index contributed by atoms with van der Waals surface area (Å²) in [4.78, 5) is 12.4. The Balaban J connectivity index is 1.78. The molecule has 0 spiro atoms. The molecular weight excluding hydrogens is 372 g/mol. The predicted octanol–water partition coefficient (Wildman–Crippen LogP) is 3.68. The minimum absolute atomic E-state index is 0.207. The molecule has 0 radical (unpaired) electrons. The fourth-order valence-corrected chi connectivity index (χ4v) is 3.19. The third-order valence-corrected chi connectivity index (χ3v) is 4.90. The van der Waals surface area contributed by atoms with Crippen LogP contribution in [0.2, 0.25) is 0 Å². The van der Waals surface area contributed by atoms with Gasteiger partial charge in [-0.3, -0.25) is 4.79 Å². The largest absolute Gasteiger partial charge is 0.323 e. The quantitative estimate of drug-likeness (QED) is 0.674. The summed E-state index contributed by atoms with van der Waals surface area (Å²) in [7, 11) is 0. The number of thioether (sulfide) groups is 1. The molecule has 0 unspecified atom stereocenters. The van der Waals surface area contributed by atoms with E-state index in [1.54, 1.807) is 11.6 Å². The number of nitrogens with one attached hydrogen (secondary N) is 1. The zero-order valence-electron chi connectivity index (χ0n) is 14.9.